The Balaban J connectivity index is 1.93. The van der Waals surface area contributed by atoms with Crippen LogP contribution in [0.25, 0.3) is 0 Å². The maximum absolute atomic E-state index is 11.6. The van der Waals surface area contributed by atoms with Crippen LogP contribution in [0.3, 0.4) is 0 Å². The number of thiophene rings is 1. The number of carbonyl (C=O) groups is 1. The van der Waals surface area contributed by atoms with Gasteiger partial charge in [0.2, 0.25) is 0 Å². The number of carbonyl (C=O) groups excluding carboxylic acids is 1. The van der Waals surface area contributed by atoms with E-state index < -0.39 is 0 Å². The number of hydrogen-bond acceptors (Lipinski definition) is 3. The third-order valence-electron chi connectivity index (χ3n) is 2.02. The van der Waals surface area contributed by atoms with Crippen molar-refractivity contribution >= 4 is 22.8 Å². The van der Waals surface area contributed by atoms with E-state index in [0.717, 1.165) is 10.6 Å². The number of benzene rings is 1. The average molecular weight is 229 g/mol. The minimum atomic E-state index is 0.0263. The molecule has 0 aliphatic carbocycles. The fourth-order valence-electron chi connectivity index (χ4n) is 1.25. The highest BCUT2D eigenvalue weighted by atomic mass is 32.1. The predicted octanol–water partition coefficient (Wildman–Crippen LogP) is 3.56. The van der Waals surface area contributed by atoms with Gasteiger partial charge in [-0.15, -0.1) is 11.3 Å². The SMILES string of the molecule is O=C(/C=C\Nc1ccccc1)c1cccs1. The van der Waals surface area contributed by atoms with Gasteiger partial charge in [-0.05, 0) is 23.6 Å². The van der Waals surface area contributed by atoms with Crippen LogP contribution < -0.4 is 5.32 Å². The monoisotopic (exact) mass is 229 g/mol. The molecule has 3 heteroatoms. The zero-order valence-electron chi connectivity index (χ0n) is 8.59. The summed E-state index contributed by atoms with van der Waals surface area (Å²) >= 11 is 1.45. The van der Waals surface area contributed by atoms with Crippen LogP contribution in [0, 0.1) is 0 Å². The molecule has 1 aromatic carbocycles. The smallest absolute Gasteiger partial charge is 0.197 e. The number of nitrogens with one attached hydrogen (secondary N) is 1. The van der Waals surface area contributed by atoms with E-state index in [9.17, 15) is 4.79 Å². The molecule has 0 aliphatic rings. The van der Waals surface area contributed by atoms with E-state index in [1.54, 1.807) is 12.3 Å². The van der Waals surface area contributed by atoms with Gasteiger partial charge in [-0.25, -0.2) is 0 Å². The fourth-order valence-corrected chi connectivity index (χ4v) is 1.89. The molecular formula is C13H11NOS. The Labute approximate surface area is 98.2 Å². The van der Waals surface area contributed by atoms with Gasteiger partial charge in [-0.2, -0.15) is 0 Å². The van der Waals surface area contributed by atoms with Gasteiger partial charge in [0.15, 0.2) is 5.78 Å². The summed E-state index contributed by atoms with van der Waals surface area (Å²) in [5.41, 5.74) is 0.970. The summed E-state index contributed by atoms with van der Waals surface area (Å²) in [6.45, 7) is 0. The number of para-hydroxylation sites is 1. The van der Waals surface area contributed by atoms with Crippen LogP contribution in [0.5, 0.6) is 0 Å². The first-order valence-corrected chi connectivity index (χ1v) is 5.80. The summed E-state index contributed by atoms with van der Waals surface area (Å²) in [6, 6.07) is 13.4. The maximum atomic E-state index is 11.6. The van der Waals surface area contributed by atoms with Crippen LogP contribution in [0.15, 0.2) is 60.1 Å². The molecule has 0 radical (unpaired) electrons. The largest absolute Gasteiger partial charge is 0.362 e. The summed E-state index contributed by atoms with van der Waals surface area (Å²) in [5.74, 6) is 0.0263. The Morgan fingerprint density at radius 3 is 2.62 bits per heavy atom. The predicted molar refractivity (Wildman–Crippen MR) is 67.9 cm³/mol. The lowest BCUT2D eigenvalue weighted by Crippen LogP contribution is -1.92. The molecule has 0 saturated carbocycles. The summed E-state index contributed by atoms with van der Waals surface area (Å²) in [7, 11) is 0. The minimum absolute atomic E-state index is 0.0263. The van der Waals surface area contributed by atoms with Crippen molar-refractivity contribution in [1.82, 2.24) is 0 Å². The van der Waals surface area contributed by atoms with Crippen molar-refractivity contribution in [3.05, 3.63) is 65.0 Å². The van der Waals surface area contributed by atoms with Crippen molar-refractivity contribution in [2.45, 2.75) is 0 Å². The Bertz CT molecular complexity index is 474. The molecule has 1 aromatic heterocycles. The van der Waals surface area contributed by atoms with Gasteiger partial charge in [0, 0.05) is 18.0 Å². The zero-order valence-corrected chi connectivity index (χ0v) is 9.41. The summed E-state index contributed by atoms with van der Waals surface area (Å²) < 4.78 is 0. The van der Waals surface area contributed by atoms with E-state index in [0.29, 0.717) is 0 Å². The van der Waals surface area contributed by atoms with Crippen LogP contribution in [0.1, 0.15) is 9.67 Å². The highest BCUT2D eigenvalue weighted by Gasteiger charge is 2.00. The molecule has 0 unspecified atom stereocenters. The van der Waals surface area contributed by atoms with E-state index >= 15 is 0 Å². The Hall–Kier alpha value is -1.87. The quantitative estimate of drug-likeness (QED) is 0.641. The Kier molecular flexibility index (Phi) is 3.51. The van der Waals surface area contributed by atoms with E-state index in [2.05, 4.69) is 5.32 Å². The number of allylic oxidation sites excluding steroid dienone is 1. The van der Waals surface area contributed by atoms with E-state index in [1.165, 1.54) is 11.3 Å². The van der Waals surface area contributed by atoms with Crippen LogP contribution >= 0.6 is 11.3 Å². The Morgan fingerprint density at radius 2 is 1.94 bits per heavy atom. The van der Waals surface area contributed by atoms with Gasteiger partial charge in [0.05, 0.1) is 4.88 Å². The van der Waals surface area contributed by atoms with Crippen LogP contribution in [-0.2, 0) is 0 Å². The molecular weight excluding hydrogens is 218 g/mol. The lowest BCUT2D eigenvalue weighted by Gasteiger charge is -1.97. The van der Waals surface area contributed by atoms with Crippen LogP contribution in [-0.4, -0.2) is 5.78 Å². The Morgan fingerprint density at radius 1 is 1.12 bits per heavy atom. The number of hydrogen-bond donors (Lipinski definition) is 1. The van der Waals surface area contributed by atoms with Crippen molar-refractivity contribution in [2.75, 3.05) is 5.32 Å². The van der Waals surface area contributed by atoms with Crippen molar-refractivity contribution in [1.29, 1.82) is 0 Å². The fraction of sp³-hybridized carbons (Fsp3) is 0. The maximum Gasteiger partial charge on any atom is 0.197 e. The molecule has 0 atom stereocenters. The standard InChI is InChI=1S/C13H11NOS/c15-12(13-7-4-10-16-13)8-9-14-11-5-2-1-3-6-11/h1-10,14H/b9-8-. The van der Waals surface area contributed by atoms with E-state index in [-0.39, 0.29) is 5.78 Å². The summed E-state index contributed by atoms with van der Waals surface area (Å²) in [6.07, 6.45) is 3.20. The molecule has 0 spiro atoms. The first-order valence-electron chi connectivity index (χ1n) is 4.92. The zero-order chi connectivity index (χ0) is 11.2. The molecule has 0 fully saturated rings. The molecule has 0 saturated heterocycles. The molecule has 1 heterocycles. The van der Waals surface area contributed by atoms with Crippen molar-refractivity contribution < 1.29 is 4.79 Å². The molecule has 80 valence electrons. The third kappa shape index (κ3) is 2.81. The molecule has 2 rings (SSSR count). The molecule has 16 heavy (non-hydrogen) atoms. The molecule has 2 nitrogen and oxygen atoms in total. The van der Waals surface area contributed by atoms with Gasteiger partial charge in [-0.3, -0.25) is 4.79 Å². The molecule has 0 aliphatic heterocycles. The second-order valence-corrected chi connectivity index (χ2v) is 4.13. The highest BCUT2D eigenvalue weighted by Crippen LogP contribution is 2.10. The van der Waals surface area contributed by atoms with Crippen molar-refractivity contribution in [3.8, 4) is 0 Å². The second-order valence-electron chi connectivity index (χ2n) is 3.19. The number of rotatable bonds is 4. The van der Waals surface area contributed by atoms with Crippen molar-refractivity contribution in [3.63, 3.8) is 0 Å². The first-order chi connectivity index (χ1) is 7.86. The van der Waals surface area contributed by atoms with Crippen LogP contribution in [0.4, 0.5) is 5.69 Å². The normalized spacial score (nSPS) is 10.5. The van der Waals surface area contributed by atoms with E-state index in [4.69, 9.17) is 0 Å². The van der Waals surface area contributed by atoms with Crippen LogP contribution in [0.2, 0.25) is 0 Å². The van der Waals surface area contributed by atoms with Gasteiger partial charge < -0.3 is 5.32 Å². The molecule has 2 aromatic rings. The lowest BCUT2D eigenvalue weighted by molar-refractivity contribution is 0.105. The first kappa shape index (κ1) is 10.6. The van der Waals surface area contributed by atoms with Gasteiger partial charge in [0.25, 0.3) is 0 Å². The third-order valence-corrected chi connectivity index (χ3v) is 2.91. The van der Waals surface area contributed by atoms with Gasteiger partial charge in [-0.1, -0.05) is 24.3 Å². The topological polar surface area (TPSA) is 29.1 Å². The lowest BCUT2D eigenvalue weighted by atomic mass is 10.3. The van der Waals surface area contributed by atoms with Crippen molar-refractivity contribution in [2.24, 2.45) is 0 Å². The average Bonchev–Trinajstić information content (AvgIpc) is 2.84. The van der Waals surface area contributed by atoms with Gasteiger partial charge >= 0.3 is 0 Å². The van der Waals surface area contributed by atoms with Gasteiger partial charge in [0.1, 0.15) is 0 Å². The second kappa shape index (κ2) is 5.28. The minimum Gasteiger partial charge on any atom is -0.362 e. The molecule has 0 bridgehead atoms. The number of ketones is 1. The van der Waals surface area contributed by atoms with E-state index in [1.807, 2.05) is 47.8 Å². The number of anilines is 1. The molecule has 0 amide bonds. The molecule has 1 N–H and O–H groups in total. The summed E-state index contributed by atoms with van der Waals surface area (Å²) in [5, 5.41) is 4.94. The highest BCUT2D eigenvalue weighted by molar-refractivity contribution is 7.12. The summed E-state index contributed by atoms with van der Waals surface area (Å²) in [4.78, 5) is 12.3.